The van der Waals surface area contributed by atoms with Crippen LogP contribution < -0.4 is 39.7 Å². The van der Waals surface area contributed by atoms with E-state index in [1.807, 2.05) is 0 Å². The summed E-state index contributed by atoms with van der Waals surface area (Å²) in [4.78, 5) is 16.8. The van der Waals surface area contributed by atoms with Gasteiger partial charge in [0.2, 0.25) is 5.91 Å². The maximum absolute atomic E-state index is 12.7. The van der Waals surface area contributed by atoms with Crippen molar-refractivity contribution in [3.8, 4) is 0 Å². The largest absolute Gasteiger partial charge is 0.394 e. The first-order chi connectivity index (χ1) is 19.4. The van der Waals surface area contributed by atoms with E-state index in [1.165, 1.54) is 0 Å². The van der Waals surface area contributed by atoms with Crippen LogP contribution in [0.3, 0.4) is 0 Å². The molecule has 1 saturated carbocycles. The highest BCUT2D eigenvalue weighted by Crippen LogP contribution is 2.32. The molecule has 18 nitrogen and oxygen atoms in total. The van der Waals surface area contributed by atoms with Crippen molar-refractivity contribution in [3.05, 3.63) is 0 Å². The second kappa shape index (κ2) is 15.1. The van der Waals surface area contributed by atoms with E-state index < -0.39 is 92.0 Å². The number of amides is 1. The number of guanidine groups is 1. The molecule has 18 heteroatoms. The monoisotopic (exact) mass is 594 g/mol. The van der Waals surface area contributed by atoms with Crippen LogP contribution in [0.2, 0.25) is 0 Å². The van der Waals surface area contributed by atoms with Gasteiger partial charge < -0.3 is 84.2 Å². The highest BCUT2D eigenvalue weighted by Gasteiger charge is 2.51. The number of aliphatic hydroxyl groups is 5. The molecule has 2 heterocycles. The van der Waals surface area contributed by atoms with Crippen LogP contribution in [-0.4, -0.2) is 143 Å². The molecule has 0 radical (unpaired) electrons. The van der Waals surface area contributed by atoms with Crippen LogP contribution in [0.5, 0.6) is 0 Å². The highest BCUT2D eigenvalue weighted by molar-refractivity contribution is 5.80. The minimum atomic E-state index is -1.58. The lowest BCUT2D eigenvalue weighted by Crippen LogP contribution is -2.69. The average Bonchev–Trinajstić information content (AvgIpc) is 2.93. The molecule has 41 heavy (non-hydrogen) atoms. The van der Waals surface area contributed by atoms with E-state index in [1.54, 1.807) is 0 Å². The fourth-order valence-corrected chi connectivity index (χ4v) is 5.30. The summed E-state index contributed by atoms with van der Waals surface area (Å²) in [5.41, 5.74) is 34.7. The Hall–Kier alpha value is -1.78. The molecule has 14 atom stereocenters. The third-order valence-corrected chi connectivity index (χ3v) is 7.61. The number of aliphatic imine (C=N–C) groups is 1. The van der Waals surface area contributed by atoms with E-state index in [4.69, 9.17) is 53.3 Å². The summed E-state index contributed by atoms with van der Waals surface area (Å²) in [7, 11) is 0. The van der Waals surface area contributed by atoms with E-state index in [9.17, 15) is 30.3 Å². The van der Waals surface area contributed by atoms with Gasteiger partial charge in [-0.15, -0.1) is 0 Å². The Kier molecular flexibility index (Phi) is 12.4. The Balaban J connectivity index is 1.87. The quantitative estimate of drug-likeness (QED) is 0.0780. The number of nitrogens with zero attached hydrogens (tertiary/aromatic N) is 1. The molecule has 0 spiro atoms. The maximum atomic E-state index is 12.7. The molecule has 3 fully saturated rings. The van der Waals surface area contributed by atoms with Gasteiger partial charge in [0.05, 0.1) is 24.8 Å². The molecule has 18 N–H and O–H groups in total. The third-order valence-electron chi connectivity index (χ3n) is 7.61. The molecule has 0 aromatic carbocycles. The number of carbonyl (C=O) groups is 1. The molecule has 3 aliphatic rings. The minimum absolute atomic E-state index is 0.0194. The number of carbonyl (C=O) groups excluding carboxylic acids is 1. The number of rotatable bonds is 11. The molecule has 3 rings (SSSR count). The van der Waals surface area contributed by atoms with E-state index in [0.717, 1.165) is 0 Å². The topological polar surface area (TPSA) is 336 Å². The highest BCUT2D eigenvalue weighted by atomic mass is 16.7. The first kappa shape index (κ1) is 33.7. The Bertz CT molecular complexity index is 870. The van der Waals surface area contributed by atoms with Gasteiger partial charge in [-0.1, -0.05) is 0 Å². The zero-order chi connectivity index (χ0) is 30.4. The molecule has 238 valence electrons. The number of nitrogens with two attached hydrogens (primary N) is 6. The summed E-state index contributed by atoms with van der Waals surface area (Å²) in [6.07, 6.45) is -11.6. The van der Waals surface area contributed by atoms with Crippen molar-refractivity contribution in [1.29, 1.82) is 0 Å². The lowest BCUT2D eigenvalue weighted by atomic mass is 9.83. The molecule has 0 bridgehead atoms. The van der Waals surface area contributed by atoms with Gasteiger partial charge in [-0.25, -0.2) is 4.99 Å². The smallest absolute Gasteiger partial charge is 0.249 e. The SMILES string of the molecule is NCC[C@H](O)C(=O)N[C@@H]1C[C@H](N)C(O[C@H]2O[C@H](CN)CC[C@H]2N=C(N)N)[C@H](O)[C@H]1O[C@H]1O[C@H](CO)[C@@H](O)[C@H](N)[C@H]1O. The molecule has 2 aliphatic heterocycles. The van der Waals surface area contributed by atoms with Gasteiger partial charge in [0.1, 0.15) is 48.8 Å². The molecule has 0 aromatic heterocycles. The molecular formula is C23H46N8O10. The van der Waals surface area contributed by atoms with Crippen LogP contribution in [0.25, 0.3) is 0 Å². The van der Waals surface area contributed by atoms with Crippen molar-refractivity contribution in [2.45, 2.75) is 111 Å². The van der Waals surface area contributed by atoms with Gasteiger partial charge in [0.25, 0.3) is 0 Å². The Morgan fingerprint density at radius 3 is 2.29 bits per heavy atom. The zero-order valence-electron chi connectivity index (χ0n) is 22.7. The predicted octanol–water partition coefficient (Wildman–Crippen LogP) is -7.08. The lowest BCUT2D eigenvalue weighted by molar-refractivity contribution is -0.313. The standard InChI is InChI=1S/C23H46N8O10/c24-4-3-12(33)20(37)30-11-5-9(26)18(40-21-10(31-23(28)29)2-1-8(6-25)38-21)17(36)19(11)41-22-16(35)14(27)15(34)13(7-32)39-22/h8-19,21-22,32-36H,1-7,24-27H2,(H,30,37)(H4,28,29,31)/t8-,9-,10+,11+,12-,13+,14-,15+,16+,17-,18?,19-,21+,22+/m0/s1. The van der Waals surface area contributed by atoms with Crippen molar-refractivity contribution in [2.24, 2.45) is 39.4 Å². The fraction of sp³-hybridized carbons (Fsp3) is 0.913. The van der Waals surface area contributed by atoms with Crippen molar-refractivity contribution in [1.82, 2.24) is 5.32 Å². The average molecular weight is 595 g/mol. The first-order valence-corrected chi connectivity index (χ1v) is 13.7. The summed E-state index contributed by atoms with van der Waals surface area (Å²) < 4.78 is 23.5. The van der Waals surface area contributed by atoms with Gasteiger partial charge in [-0.05, 0) is 32.2 Å². The van der Waals surface area contributed by atoms with E-state index in [-0.39, 0.29) is 38.0 Å². The van der Waals surface area contributed by atoms with E-state index in [2.05, 4.69) is 10.3 Å². The summed E-state index contributed by atoms with van der Waals surface area (Å²) in [6, 6.07) is -3.79. The van der Waals surface area contributed by atoms with E-state index >= 15 is 0 Å². The summed E-state index contributed by atoms with van der Waals surface area (Å²) >= 11 is 0. The number of aliphatic hydroxyl groups excluding tert-OH is 5. The molecule has 1 unspecified atom stereocenters. The Morgan fingerprint density at radius 2 is 1.68 bits per heavy atom. The molecule has 0 aromatic rings. The number of hydrogen-bond donors (Lipinski definition) is 12. The number of ether oxygens (including phenoxy) is 4. The van der Waals surface area contributed by atoms with Crippen molar-refractivity contribution in [3.63, 3.8) is 0 Å². The minimum Gasteiger partial charge on any atom is -0.394 e. The first-order valence-electron chi connectivity index (χ1n) is 13.7. The van der Waals surface area contributed by atoms with Crippen LogP contribution in [0.1, 0.15) is 25.7 Å². The maximum Gasteiger partial charge on any atom is 0.249 e. The van der Waals surface area contributed by atoms with Crippen molar-refractivity contribution < 1.29 is 49.3 Å². The molecule has 2 saturated heterocycles. The summed E-state index contributed by atoms with van der Waals surface area (Å²) in [5, 5.41) is 54.7. The Labute approximate surface area is 237 Å². The van der Waals surface area contributed by atoms with Crippen LogP contribution in [0.15, 0.2) is 4.99 Å². The van der Waals surface area contributed by atoms with Gasteiger partial charge in [-0.3, -0.25) is 4.79 Å². The van der Waals surface area contributed by atoms with Gasteiger partial charge in [0.15, 0.2) is 18.5 Å². The van der Waals surface area contributed by atoms with Crippen LogP contribution in [0, 0.1) is 0 Å². The number of hydrogen-bond acceptors (Lipinski definition) is 15. The van der Waals surface area contributed by atoms with Gasteiger partial charge in [0, 0.05) is 12.6 Å². The lowest BCUT2D eigenvalue weighted by Gasteiger charge is -2.48. The van der Waals surface area contributed by atoms with Crippen molar-refractivity contribution in [2.75, 3.05) is 19.7 Å². The fourth-order valence-electron chi connectivity index (χ4n) is 5.30. The van der Waals surface area contributed by atoms with E-state index in [0.29, 0.717) is 12.8 Å². The van der Waals surface area contributed by atoms with Gasteiger partial charge in [-0.2, -0.15) is 0 Å². The summed E-state index contributed by atoms with van der Waals surface area (Å²) in [6.45, 7) is -0.387. The normalized spacial score (nSPS) is 42.3. The predicted molar refractivity (Wildman–Crippen MR) is 142 cm³/mol. The second-order valence-corrected chi connectivity index (χ2v) is 10.6. The van der Waals surface area contributed by atoms with Crippen LogP contribution in [0.4, 0.5) is 0 Å². The zero-order valence-corrected chi connectivity index (χ0v) is 22.7. The molecule has 1 amide bonds. The van der Waals surface area contributed by atoms with Crippen molar-refractivity contribution >= 4 is 11.9 Å². The van der Waals surface area contributed by atoms with Gasteiger partial charge >= 0.3 is 0 Å². The van der Waals surface area contributed by atoms with Crippen LogP contribution in [-0.2, 0) is 23.7 Å². The van der Waals surface area contributed by atoms with Crippen LogP contribution >= 0.6 is 0 Å². The number of nitrogens with one attached hydrogen (secondary N) is 1. The molecule has 1 aliphatic carbocycles. The second-order valence-electron chi connectivity index (χ2n) is 10.6. The third kappa shape index (κ3) is 8.20. The Morgan fingerprint density at radius 1 is 1.00 bits per heavy atom. The molecular weight excluding hydrogens is 548 g/mol. The summed E-state index contributed by atoms with van der Waals surface area (Å²) in [5.74, 6) is -0.972.